The highest BCUT2D eigenvalue weighted by molar-refractivity contribution is 6.74. The lowest BCUT2D eigenvalue weighted by Gasteiger charge is -2.36. The standard InChI is InChI=1S/C18H37NO6Si/c1-17(2,3)25-16(22)19-14(15(21)23-7)11-10-13(20)12-24-26(8,9)18(4,5)6/h13-14,20H,10-12H2,1-9H3,(H,19,22)/t13-,14?/m0/s1. The van der Waals surface area contributed by atoms with Crippen LogP contribution in [0.2, 0.25) is 18.1 Å². The van der Waals surface area contributed by atoms with E-state index in [4.69, 9.17) is 13.9 Å². The number of hydrogen-bond acceptors (Lipinski definition) is 6. The van der Waals surface area contributed by atoms with Crippen LogP contribution in [0.4, 0.5) is 4.79 Å². The van der Waals surface area contributed by atoms with Crippen molar-refractivity contribution in [2.24, 2.45) is 0 Å². The van der Waals surface area contributed by atoms with Crippen LogP contribution in [0.5, 0.6) is 0 Å². The molecule has 0 saturated heterocycles. The fourth-order valence-electron chi connectivity index (χ4n) is 1.80. The molecular weight excluding hydrogens is 354 g/mol. The van der Waals surface area contributed by atoms with Gasteiger partial charge in [-0.15, -0.1) is 0 Å². The number of rotatable bonds is 8. The van der Waals surface area contributed by atoms with Crippen molar-refractivity contribution < 1.29 is 28.6 Å². The number of carbonyl (C=O) groups excluding carboxylic acids is 2. The van der Waals surface area contributed by atoms with Gasteiger partial charge in [0.15, 0.2) is 8.32 Å². The smallest absolute Gasteiger partial charge is 0.408 e. The molecule has 0 heterocycles. The number of nitrogens with one attached hydrogen (secondary N) is 1. The van der Waals surface area contributed by atoms with Crippen LogP contribution in [0.25, 0.3) is 0 Å². The first-order chi connectivity index (χ1) is 11.6. The molecule has 0 spiro atoms. The molecule has 7 nitrogen and oxygen atoms in total. The van der Waals surface area contributed by atoms with Gasteiger partial charge in [0, 0.05) is 0 Å². The van der Waals surface area contributed by atoms with Crippen LogP contribution in [0.1, 0.15) is 54.4 Å². The first kappa shape index (κ1) is 24.9. The van der Waals surface area contributed by atoms with Crippen LogP contribution in [0.3, 0.4) is 0 Å². The van der Waals surface area contributed by atoms with Crippen LogP contribution < -0.4 is 5.32 Å². The van der Waals surface area contributed by atoms with Crippen LogP contribution in [-0.2, 0) is 18.7 Å². The van der Waals surface area contributed by atoms with Crippen molar-refractivity contribution in [2.75, 3.05) is 13.7 Å². The lowest BCUT2D eigenvalue weighted by Crippen LogP contribution is -2.45. The number of ether oxygens (including phenoxy) is 2. The molecule has 8 heteroatoms. The Morgan fingerprint density at radius 3 is 2.04 bits per heavy atom. The van der Waals surface area contributed by atoms with E-state index in [2.05, 4.69) is 39.2 Å². The lowest BCUT2D eigenvalue weighted by molar-refractivity contribution is -0.143. The number of aliphatic hydroxyl groups excluding tert-OH is 1. The van der Waals surface area contributed by atoms with E-state index in [9.17, 15) is 14.7 Å². The number of amides is 1. The van der Waals surface area contributed by atoms with Gasteiger partial charge in [0.05, 0.1) is 19.8 Å². The molecule has 2 N–H and O–H groups in total. The second-order valence-electron chi connectivity index (χ2n) is 9.02. The average molecular weight is 392 g/mol. The zero-order valence-corrected chi connectivity index (χ0v) is 18.8. The molecule has 0 aromatic heterocycles. The first-order valence-corrected chi connectivity index (χ1v) is 11.9. The maximum atomic E-state index is 11.9. The van der Waals surface area contributed by atoms with Crippen molar-refractivity contribution in [3.05, 3.63) is 0 Å². The van der Waals surface area contributed by atoms with Crippen LogP contribution in [0.15, 0.2) is 0 Å². The third-order valence-corrected chi connectivity index (χ3v) is 8.91. The number of aliphatic hydroxyl groups is 1. The highest BCUT2D eigenvalue weighted by Gasteiger charge is 2.37. The van der Waals surface area contributed by atoms with E-state index < -0.39 is 38.1 Å². The predicted octanol–water partition coefficient (Wildman–Crippen LogP) is 3.22. The summed E-state index contributed by atoms with van der Waals surface area (Å²) in [7, 11) is -0.694. The van der Waals surface area contributed by atoms with Gasteiger partial charge >= 0.3 is 12.1 Å². The Bertz CT molecular complexity index is 467. The van der Waals surface area contributed by atoms with E-state index in [1.165, 1.54) is 7.11 Å². The molecule has 0 bridgehead atoms. The molecule has 0 fully saturated rings. The van der Waals surface area contributed by atoms with E-state index in [1.54, 1.807) is 20.8 Å². The molecular formula is C18H37NO6Si. The van der Waals surface area contributed by atoms with Crippen molar-refractivity contribution >= 4 is 20.4 Å². The summed E-state index contributed by atoms with van der Waals surface area (Å²) in [5, 5.41) is 12.8. The molecule has 0 saturated carbocycles. The third-order valence-electron chi connectivity index (χ3n) is 4.41. The van der Waals surface area contributed by atoms with Crippen molar-refractivity contribution in [3.8, 4) is 0 Å². The van der Waals surface area contributed by atoms with E-state index in [1.807, 2.05) is 0 Å². The Morgan fingerprint density at radius 1 is 1.08 bits per heavy atom. The van der Waals surface area contributed by atoms with Gasteiger partial charge in [-0.3, -0.25) is 0 Å². The topological polar surface area (TPSA) is 94.1 Å². The minimum absolute atomic E-state index is 0.0551. The highest BCUT2D eigenvalue weighted by atomic mass is 28.4. The zero-order valence-electron chi connectivity index (χ0n) is 17.8. The van der Waals surface area contributed by atoms with E-state index in [0.29, 0.717) is 6.42 Å². The minimum Gasteiger partial charge on any atom is -0.467 e. The van der Waals surface area contributed by atoms with Crippen LogP contribution >= 0.6 is 0 Å². The van der Waals surface area contributed by atoms with Gasteiger partial charge in [0.2, 0.25) is 0 Å². The molecule has 26 heavy (non-hydrogen) atoms. The molecule has 0 aromatic rings. The van der Waals surface area contributed by atoms with Gasteiger partial charge in [0.1, 0.15) is 11.6 Å². The number of carbonyl (C=O) groups is 2. The Hall–Kier alpha value is -1.12. The second-order valence-corrected chi connectivity index (χ2v) is 13.8. The fraction of sp³-hybridized carbons (Fsp3) is 0.889. The van der Waals surface area contributed by atoms with Gasteiger partial charge in [0.25, 0.3) is 0 Å². The highest BCUT2D eigenvalue weighted by Crippen LogP contribution is 2.36. The summed E-state index contributed by atoms with van der Waals surface area (Å²) < 4.78 is 15.9. The summed E-state index contributed by atoms with van der Waals surface area (Å²) in [6.45, 7) is 16.0. The Labute approximate surface area is 158 Å². The molecule has 0 aliphatic rings. The monoisotopic (exact) mass is 391 g/mol. The fourth-order valence-corrected chi connectivity index (χ4v) is 2.85. The second kappa shape index (κ2) is 9.71. The van der Waals surface area contributed by atoms with E-state index in [-0.39, 0.29) is 18.1 Å². The van der Waals surface area contributed by atoms with Crippen molar-refractivity contribution in [2.45, 2.75) is 90.3 Å². The van der Waals surface area contributed by atoms with Gasteiger partial charge < -0.3 is 24.3 Å². The molecule has 0 rings (SSSR count). The molecule has 0 aliphatic carbocycles. The maximum absolute atomic E-state index is 11.9. The number of methoxy groups -OCH3 is 1. The number of esters is 1. The molecule has 0 aliphatic heterocycles. The minimum atomic E-state index is -1.95. The zero-order chi connectivity index (χ0) is 20.8. The number of alkyl carbamates (subject to hydrolysis) is 1. The molecule has 0 aromatic carbocycles. The first-order valence-electron chi connectivity index (χ1n) is 8.98. The summed E-state index contributed by atoms with van der Waals surface area (Å²) in [5.74, 6) is -0.576. The summed E-state index contributed by atoms with van der Waals surface area (Å²) >= 11 is 0. The Morgan fingerprint density at radius 2 is 1.62 bits per heavy atom. The lowest BCUT2D eigenvalue weighted by atomic mass is 10.1. The van der Waals surface area contributed by atoms with Gasteiger partial charge in [-0.05, 0) is 51.7 Å². The average Bonchev–Trinajstić information content (AvgIpc) is 2.45. The molecule has 2 atom stereocenters. The van der Waals surface area contributed by atoms with Crippen molar-refractivity contribution in [1.29, 1.82) is 0 Å². The third kappa shape index (κ3) is 9.54. The van der Waals surface area contributed by atoms with Gasteiger partial charge in [-0.2, -0.15) is 0 Å². The van der Waals surface area contributed by atoms with Crippen LogP contribution in [-0.4, -0.2) is 57.0 Å². The summed E-state index contributed by atoms with van der Waals surface area (Å²) in [6, 6.07) is -0.877. The molecule has 154 valence electrons. The number of hydrogen-bond donors (Lipinski definition) is 2. The Kier molecular flexibility index (Phi) is 9.29. The summed E-state index contributed by atoms with van der Waals surface area (Å²) in [5.41, 5.74) is -0.665. The summed E-state index contributed by atoms with van der Waals surface area (Å²) in [6.07, 6.45) is -0.894. The van der Waals surface area contributed by atoms with Gasteiger partial charge in [-0.25, -0.2) is 9.59 Å². The molecule has 1 amide bonds. The SMILES string of the molecule is COC(=O)C(CC[C@H](O)CO[Si](C)(C)C(C)(C)C)NC(=O)OC(C)(C)C. The quantitative estimate of drug-likeness (QED) is 0.487. The van der Waals surface area contributed by atoms with E-state index in [0.717, 1.165) is 0 Å². The molecule has 0 radical (unpaired) electrons. The molecule has 1 unspecified atom stereocenters. The van der Waals surface area contributed by atoms with E-state index >= 15 is 0 Å². The van der Waals surface area contributed by atoms with Gasteiger partial charge in [-0.1, -0.05) is 20.8 Å². The normalized spacial score (nSPS) is 15.2. The maximum Gasteiger partial charge on any atom is 0.408 e. The predicted molar refractivity (Wildman–Crippen MR) is 104 cm³/mol. The largest absolute Gasteiger partial charge is 0.467 e. The van der Waals surface area contributed by atoms with Crippen molar-refractivity contribution in [1.82, 2.24) is 5.32 Å². The Balaban J connectivity index is 4.61. The van der Waals surface area contributed by atoms with Crippen molar-refractivity contribution in [3.63, 3.8) is 0 Å². The van der Waals surface area contributed by atoms with Crippen LogP contribution in [0, 0.1) is 0 Å². The summed E-state index contributed by atoms with van der Waals surface area (Å²) in [4.78, 5) is 23.8.